The first-order chi connectivity index (χ1) is 12.5. The second kappa shape index (κ2) is 7.99. The number of aromatic nitrogens is 1. The monoisotopic (exact) mass is 354 g/mol. The minimum atomic E-state index is -0.904. The summed E-state index contributed by atoms with van der Waals surface area (Å²) in [6.07, 6.45) is 3.81. The molecule has 1 aliphatic carbocycles. The average Bonchev–Trinajstić information content (AvgIpc) is 3.01. The lowest BCUT2D eigenvalue weighted by atomic mass is 10.0. The van der Waals surface area contributed by atoms with E-state index >= 15 is 0 Å². The molecule has 0 bridgehead atoms. The number of fused-ring (bicyclic) bond motifs is 1. The molecule has 1 heterocycles. The molecule has 6 nitrogen and oxygen atoms in total. The van der Waals surface area contributed by atoms with Crippen LogP contribution >= 0.6 is 0 Å². The van der Waals surface area contributed by atoms with E-state index in [-0.39, 0.29) is 24.9 Å². The maximum absolute atomic E-state index is 12.0. The summed E-state index contributed by atoms with van der Waals surface area (Å²) in [5.41, 5.74) is 4.28. The summed E-state index contributed by atoms with van der Waals surface area (Å²) in [4.78, 5) is 26.9. The molecule has 1 aromatic carbocycles. The maximum atomic E-state index is 12.0. The first-order valence-electron chi connectivity index (χ1n) is 8.76. The van der Waals surface area contributed by atoms with Gasteiger partial charge in [0.05, 0.1) is 0 Å². The third-order valence-electron chi connectivity index (χ3n) is 4.54. The molecule has 0 saturated heterocycles. The van der Waals surface area contributed by atoms with E-state index in [1.54, 1.807) is 18.3 Å². The lowest BCUT2D eigenvalue weighted by molar-refractivity contribution is -0.137. The van der Waals surface area contributed by atoms with Crippen molar-refractivity contribution in [3.8, 4) is 5.88 Å². The van der Waals surface area contributed by atoms with Gasteiger partial charge in [0.15, 0.2) is 0 Å². The third kappa shape index (κ3) is 4.20. The maximum Gasteiger partial charge on any atom is 0.303 e. The van der Waals surface area contributed by atoms with E-state index in [1.165, 1.54) is 16.7 Å². The number of carboxylic acids is 1. The third-order valence-corrected chi connectivity index (χ3v) is 4.54. The number of carbonyl (C=O) groups excluding carboxylic acids is 1. The summed E-state index contributed by atoms with van der Waals surface area (Å²) in [5.74, 6) is -0.761. The molecule has 1 unspecified atom stereocenters. The Bertz CT molecular complexity index is 819. The molecule has 1 aliphatic rings. The van der Waals surface area contributed by atoms with Gasteiger partial charge in [-0.25, -0.2) is 4.98 Å². The number of aliphatic carboxylic acids is 1. The van der Waals surface area contributed by atoms with Gasteiger partial charge in [-0.15, -0.1) is 0 Å². The lowest BCUT2D eigenvalue weighted by Gasteiger charge is -2.17. The van der Waals surface area contributed by atoms with Crippen molar-refractivity contribution in [3.63, 3.8) is 0 Å². The smallest absolute Gasteiger partial charge is 0.303 e. The number of aryl methyl sites for hydroxylation is 1. The molecule has 3 rings (SSSR count). The van der Waals surface area contributed by atoms with Crippen LogP contribution in [-0.4, -0.2) is 22.0 Å². The molecule has 136 valence electrons. The number of nitrogens with one attached hydrogen (secondary N) is 1. The Kier molecular flexibility index (Phi) is 5.51. The van der Waals surface area contributed by atoms with Crippen molar-refractivity contribution >= 4 is 17.6 Å². The second-order valence-corrected chi connectivity index (χ2v) is 6.44. The lowest BCUT2D eigenvalue weighted by Crippen LogP contribution is -2.14. The molecule has 1 amide bonds. The summed E-state index contributed by atoms with van der Waals surface area (Å²) in [7, 11) is 0. The van der Waals surface area contributed by atoms with Crippen molar-refractivity contribution in [2.24, 2.45) is 0 Å². The van der Waals surface area contributed by atoms with E-state index in [4.69, 9.17) is 9.84 Å². The fourth-order valence-electron chi connectivity index (χ4n) is 3.25. The predicted molar refractivity (Wildman–Crippen MR) is 97.2 cm³/mol. The van der Waals surface area contributed by atoms with Gasteiger partial charge >= 0.3 is 5.97 Å². The number of carbonyl (C=O) groups is 2. The van der Waals surface area contributed by atoms with Gasteiger partial charge in [0.2, 0.25) is 11.8 Å². The molecule has 0 spiro atoms. The largest absolute Gasteiger partial charge is 0.481 e. The summed E-state index contributed by atoms with van der Waals surface area (Å²) in [5, 5.41) is 11.4. The molecular formula is C20H22N2O4. The topological polar surface area (TPSA) is 88.5 Å². The van der Waals surface area contributed by atoms with Crippen LogP contribution in [0.4, 0.5) is 5.69 Å². The van der Waals surface area contributed by atoms with Gasteiger partial charge in [0.25, 0.3) is 0 Å². The van der Waals surface area contributed by atoms with Crippen molar-refractivity contribution in [1.29, 1.82) is 0 Å². The van der Waals surface area contributed by atoms with Crippen LogP contribution in [-0.2, 0) is 16.0 Å². The highest BCUT2D eigenvalue weighted by molar-refractivity contribution is 5.92. The second-order valence-electron chi connectivity index (χ2n) is 6.44. The minimum Gasteiger partial charge on any atom is -0.481 e. The highest BCUT2D eigenvalue weighted by Crippen LogP contribution is 2.37. The van der Waals surface area contributed by atoms with Gasteiger partial charge in [0.1, 0.15) is 11.8 Å². The Morgan fingerprint density at radius 1 is 1.27 bits per heavy atom. The number of carboxylic acid groups (broad SMARTS) is 1. The van der Waals surface area contributed by atoms with E-state index in [1.807, 2.05) is 6.07 Å². The highest BCUT2D eigenvalue weighted by Gasteiger charge is 2.26. The summed E-state index contributed by atoms with van der Waals surface area (Å²) < 4.78 is 6.11. The number of benzene rings is 1. The van der Waals surface area contributed by atoms with Crippen LogP contribution in [0.1, 0.15) is 48.5 Å². The van der Waals surface area contributed by atoms with E-state index in [0.29, 0.717) is 18.0 Å². The number of hydrogen-bond acceptors (Lipinski definition) is 4. The summed E-state index contributed by atoms with van der Waals surface area (Å²) in [6.45, 7) is 2.10. The van der Waals surface area contributed by atoms with Gasteiger partial charge in [-0.1, -0.05) is 18.2 Å². The highest BCUT2D eigenvalue weighted by atomic mass is 16.5. The van der Waals surface area contributed by atoms with Gasteiger partial charge in [-0.2, -0.15) is 0 Å². The van der Waals surface area contributed by atoms with E-state index < -0.39 is 5.97 Å². The number of nitrogens with zero attached hydrogens (tertiary/aromatic N) is 1. The molecule has 1 atom stereocenters. The van der Waals surface area contributed by atoms with Crippen molar-refractivity contribution < 1.29 is 19.4 Å². The first kappa shape index (κ1) is 17.9. The van der Waals surface area contributed by atoms with Crippen LogP contribution < -0.4 is 10.1 Å². The van der Waals surface area contributed by atoms with Crippen LogP contribution in [0, 0.1) is 6.92 Å². The van der Waals surface area contributed by atoms with Crippen LogP contribution in [0.15, 0.2) is 36.5 Å². The van der Waals surface area contributed by atoms with Gasteiger partial charge < -0.3 is 15.2 Å². The SMILES string of the molecule is Cc1cccc2c1CCC2Oc1ncccc1NC(=O)CCCC(=O)O. The standard InChI is InChI=1S/C20H22N2O4/c1-13-5-2-6-15-14(13)10-11-17(15)26-20-16(7-4-12-21-20)22-18(23)8-3-9-19(24)25/h2,4-7,12,17H,3,8-11H2,1H3,(H,22,23)(H,24,25). The van der Waals surface area contributed by atoms with E-state index in [0.717, 1.165) is 12.8 Å². The average molecular weight is 354 g/mol. The number of pyridine rings is 1. The Morgan fingerprint density at radius 3 is 2.92 bits per heavy atom. The summed E-state index contributed by atoms with van der Waals surface area (Å²) in [6, 6.07) is 9.67. The first-order valence-corrected chi connectivity index (χ1v) is 8.76. The minimum absolute atomic E-state index is 0.0258. The molecule has 0 fully saturated rings. The van der Waals surface area contributed by atoms with E-state index in [9.17, 15) is 9.59 Å². The number of rotatable bonds is 7. The van der Waals surface area contributed by atoms with Crippen molar-refractivity contribution in [1.82, 2.24) is 4.98 Å². The molecule has 6 heteroatoms. The Hall–Kier alpha value is -2.89. The number of ether oxygens (including phenoxy) is 1. The van der Waals surface area contributed by atoms with Crippen molar-refractivity contribution in [3.05, 3.63) is 53.2 Å². The van der Waals surface area contributed by atoms with Gasteiger partial charge in [-0.05, 0) is 55.0 Å². The zero-order valence-corrected chi connectivity index (χ0v) is 14.7. The van der Waals surface area contributed by atoms with Crippen molar-refractivity contribution in [2.75, 3.05) is 5.32 Å². The molecule has 2 N–H and O–H groups in total. The van der Waals surface area contributed by atoms with Gasteiger partial charge in [0, 0.05) is 19.0 Å². The number of amides is 1. The number of hydrogen-bond donors (Lipinski definition) is 2. The van der Waals surface area contributed by atoms with Crippen LogP contribution in [0.5, 0.6) is 5.88 Å². The molecule has 0 saturated carbocycles. The quantitative estimate of drug-likeness (QED) is 0.792. The Balaban J connectivity index is 1.68. The van der Waals surface area contributed by atoms with E-state index in [2.05, 4.69) is 29.4 Å². The fraction of sp³-hybridized carbons (Fsp3) is 0.350. The molecule has 0 radical (unpaired) electrons. The molecule has 1 aromatic heterocycles. The fourth-order valence-corrected chi connectivity index (χ4v) is 3.25. The predicted octanol–water partition coefficient (Wildman–Crippen LogP) is 3.65. The Morgan fingerprint density at radius 2 is 2.12 bits per heavy atom. The molecule has 0 aliphatic heterocycles. The van der Waals surface area contributed by atoms with Crippen LogP contribution in [0.3, 0.4) is 0 Å². The summed E-state index contributed by atoms with van der Waals surface area (Å²) >= 11 is 0. The van der Waals surface area contributed by atoms with Crippen LogP contribution in [0.2, 0.25) is 0 Å². The van der Waals surface area contributed by atoms with Crippen LogP contribution in [0.25, 0.3) is 0 Å². The van der Waals surface area contributed by atoms with Gasteiger partial charge in [-0.3, -0.25) is 9.59 Å². The number of anilines is 1. The molecule has 2 aromatic rings. The molecular weight excluding hydrogens is 332 g/mol. The molecule has 26 heavy (non-hydrogen) atoms. The zero-order chi connectivity index (χ0) is 18.5. The normalized spacial score (nSPS) is 15.3. The van der Waals surface area contributed by atoms with Crippen molar-refractivity contribution in [2.45, 2.75) is 45.1 Å². The zero-order valence-electron chi connectivity index (χ0n) is 14.7. The Labute approximate surface area is 152 Å².